The monoisotopic (exact) mass is 247 g/mol. The maximum absolute atomic E-state index is 5.68. The van der Waals surface area contributed by atoms with Gasteiger partial charge in [-0.25, -0.2) is 4.98 Å². The number of rotatable bonds is 2. The summed E-state index contributed by atoms with van der Waals surface area (Å²) in [5.74, 6) is 1.05. The van der Waals surface area contributed by atoms with Crippen LogP contribution in [0, 0.1) is 0 Å². The molecule has 3 rings (SSSR count). The molecule has 0 bridgehead atoms. The molecule has 1 unspecified atom stereocenters. The van der Waals surface area contributed by atoms with Crippen LogP contribution >= 0.6 is 0 Å². The number of piperazine rings is 1. The van der Waals surface area contributed by atoms with E-state index in [1.165, 1.54) is 0 Å². The van der Waals surface area contributed by atoms with Gasteiger partial charge in [0.25, 0.3) is 0 Å². The highest BCUT2D eigenvalue weighted by Gasteiger charge is 2.26. The number of hydrogen-bond acceptors (Lipinski definition) is 4. The van der Waals surface area contributed by atoms with Crippen LogP contribution in [-0.2, 0) is 6.54 Å². The second kappa shape index (κ2) is 4.84. The van der Waals surface area contributed by atoms with Gasteiger partial charge in [0.1, 0.15) is 5.82 Å². The molecule has 2 aliphatic heterocycles. The normalized spacial score (nSPS) is 25.3. The van der Waals surface area contributed by atoms with Gasteiger partial charge in [0.2, 0.25) is 0 Å². The summed E-state index contributed by atoms with van der Waals surface area (Å²) < 4.78 is 2.29. The Balaban J connectivity index is 1.82. The van der Waals surface area contributed by atoms with Crippen LogP contribution in [0.2, 0.25) is 0 Å². The van der Waals surface area contributed by atoms with Crippen LogP contribution in [-0.4, -0.2) is 52.6 Å². The molecular formula is C13H21N5. The number of hydrogen-bond donors (Lipinski definition) is 1. The number of nitrogens with zero attached hydrogens (tertiary/aromatic N) is 4. The van der Waals surface area contributed by atoms with Gasteiger partial charge in [0.05, 0.1) is 11.9 Å². The van der Waals surface area contributed by atoms with Gasteiger partial charge in [0.15, 0.2) is 0 Å². The summed E-state index contributed by atoms with van der Waals surface area (Å²) >= 11 is 0. The quantitative estimate of drug-likeness (QED) is 0.827. The Morgan fingerprint density at radius 1 is 1.33 bits per heavy atom. The molecule has 18 heavy (non-hydrogen) atoms. The Morgan fingerprint density at radius 3 is 2.83 bits per heavy atom. The Kier molecular flexibility index (Phi) is 3.20. The van der Waals surface area contributed by atoms with Crippen molar-refractivity contribution in [3.63, 3.8) is 0 Å². The topological polar surface area (TPSA) is 50.3 Å². The lowest BCUT2D eigenvalue weighted by atomic mass is 10.2. The van der Waals surface area contributed by atoms with E-state index in [1.807, 2.05) is 0 Å². The van der Waals surface area contributed by atoms with E-state index in [0.29, 0.717) is 12.7 Å². The fourth-order valence-corrected chi connectivity index (χ4v) is 2.77. The number of fused-ring (bicyclic) bond motifs is 1. The number of likely N-dealkylation sites (N-methyl/N-ethyl adjacent to an activating group) is 1. The minimum absolute atomic E-state index is 0.423. The SMILES string of the molecule is CN1CCN(C2CC=Cc3nc(CN)cn32)CC1. The second-order valence-electron chi connectivity index (χ2n) is 5.16. The highest BCUT2D eigenvalue weighted by molar-refractivity contribution is 5.43. The van der Waals surface area contributed by atoms with Crippen molar-refractivity contribution in [1.29, 1.82) is 0 Å². The standard InChI is InChI=1S/C13H21N5/c1-16-5-7-17(8-6-16)13-4-2-3-12-15-11(9-14)10-18(12)13/h2-3,10,13H,4-9,14H2,1H3. The molecule has 2 aliphatic rings. The van der Waals surface area contributed by atoms with Crippen molar-refractivity contribution < 1.29 is 0 Å². The van der Waals surface area contributed by atoms with Crippen molar-refractivity contribution in [3.8, 4) is 0 Å². The van der Waals surface area contributed by atoms with Gasteiger partial charge in [-0.1, -0.05) is 6.08 Å². The Hall–Kier alpha value is -1.17. The van der Waals surface area contributed by atoms with Gasteiger partial charge in [-0.15, -0.1) is 0 Å². The lowest BCUT2D eigenvalue weighted by Crippen LogP contribution is -2.47. The van der Waals surface area contributed by atoms with Gasteiger partial charge < -0.3 is 15.2 Å². The summed E-state index contributed by atoms with van der Waals surface area (Å²) in [4.78, 5) is 9.48. The molecule has 1 saturated heterocycles. The van der Waals surface area contributed by atoms with E-state index in [2.05, 4.69) is 44.7 Å². The first-order valence-electron chi connectivity index (χ1n) is 6.65. The lowest BCUT2D eigenvalue weighted by molar-refractivity contribution is 0.0759. The van der Waals surface area contributed by atoms with Crippen LogP contribution in [0.1, 0.15) is 24.1 Å². The zero-order valence-electron chi connectivity index (χ0n) is 10.9. The minimum Gasteiger partial charge on any atom is -0.325 e. The molecule has 1 fully saturated rings. The predicted molar refractivity (Wildman–Crippen MR) is 71.9 cm³/mol. The largest absolute Gasteiger partial charge is 0.325 e. The zero-order valence-corrected chi connectivity index (χ0v) is 10.9. The average Bonchev–Trinajstić information content (AvgIpc) is 2.82. The summed E-state index contributed by atoms with van der Waals surface area (Å²) in [6.07, 6.45) is 7.93. The van der Waals surface area contributed by atoms with Crippen molar-refractivity contribution in [3.05, 3.63) is 23.8 Å². The number of imidazole rings is 1. The van der Waals surface area contributed by atoms with E-state index >= 15 is 0 Å². The maximum Gasteiger partial charge on any atom is 0.133 e. The fourth-order valence-electron chi connectivity index (χ4n) is 2.77. The highest BCUT2D eigenvalue weighted by atomic mass is 15.4. The summed E-state index contributed by atoms with van der Waals surface area (Å²) in [5.41, 5.74) is 6.67. The van der Waals surface area contributed by atoms with Crippen molar-refractivity contribution in [2.24, 2.45) is 5.73 Å². The van der Waals surface area contributed by atoms with E-state index in [1.54, 1.807) is 0 Å². The Labute approximate surface area is 108 Å². The van der Waals surface area contributed by atoms with Crippen molar-refractivity contribution in [2.45, 2.75) is 19.1 Å². The highest BCUT2D eigenvalue weighted by Crippen LogP contribution is 2.26. The van der Waals surface area contributed by atoms with Gasteiger partial charge in [-0.2, -0.15) is 0 Å². The smallest absolute Gasteiger partial charge is 0.133 e. The summed E-state index contributed by atoms with van der Waals surface area (Å²) in [6, 6.07) is 0. The van der Waals surface area contributed by atoms with Gasteiger partial charge in [-0.3, -0.25) is 4.90 Å². The first kappa shape index (κ1) is 11.9. The van der Waals surface area contributed by atoms with Crippen LogP contribution in [0.3, 0.4) is 0 Å². The van der Waals surface area contributed by atoms with Gasteiger partial charge >= 0.3 is 0 Å². The van der Waals surface area contributed by atoms with Crippen molar-refractivity contribution >= 4 is 6.08 Å². The third kappa shape index (κ3) is 2.09. The molecule has 0 aliphatic carbocycles. The molecule has 3 heterocycles. The van der Waals surface area contributed by atoms with E-state index in [9.17, 15) is 0 Å². The van der Waals surface area contributed by atoms with Crippen LogP contribution in [0.5, 0.6) is 0 Å². The average molecular weight is 247 g/mol. The Morgan fingerprint density at radius 2 is 2.11 bits per heavy atom. The molecule has 0 amide bonds. The summed E-state index contributed by atoms with van der Waals surface area (Å²) in [7, 11) is 2.19. The Bertz CT molecular complexity index is 442. The zero-order chi connectivity index (χ0) is 12.5. The first-order valence-corrected chi connectivity index (χ1v) is 6.65. The number of nitrogens with two attached hydrogens (primary N) is 1. The molecule has 0 saturated carbocycles. The molecule has 2 N–H and O–H groups in total. The molecule has 0 radical (unpaired) electrons. The molecule has 5 heteroatoms. The second-order valence-corrected chi connectivity index (χ2v) is 5.16. The predicted octanol–water partition coefficient (Wildman–Crippen LogP) is 0.505. The molecule has 0 aromatic carbocycles. The molecule has 98 valence electrons. The van der Waals surface area contributed by atoms with E-state index in [4.69, 9.17) is 5.73 Å². The van der Waals surface area contributed by atoms with Gasteiger partial charge in [-0.05, 0) is 13.1 Å². The van der Waals surface area contributed by atoms with Crippen LogP contribution < -0.4 is 5.73 Å². The molecular weight excluding hydrogens is 226 g/mol. The van der Waals surface area contributed by atoms with Crippen LogP contribution in [0.25, 0.3) is 6.08 Å². The fraction of sp³-hybridized carbons (Fsp3) is 0.615. The molecule has 5 nitrogen and oxygen atoms in total. The van der Waals surface area contributed by atoms with Gasteiger partial charge in [0, 0.05) is 45.3 Å². The first-order chi connectivity index (χ1) is 8.78. The molecule has 0 spiro atoms. The minimum atomic E-state index is 0.423. The molecule has 1 aromatic heterocycles. The van der Waals surface area contributed by atoms with E-state index < -0.39 is 0 Å². The molecule has 1 aromatic rings. The maximum atomic E-state index is 5.68. The van der Waals surface area contributed by atoms with E-state index in [-0.39, 0.29) is 0 Å². The van der Waals surface area contributed by atoms with Crippen LogP contribution in [0.15, 0.2) is 12.3 Å². The summed E-state index contributed by atoms with van der Waals surface area (Å²) in [5, 5.41) is 0. The third-order valence-electron chi connectivity index (χ3n) is 3.91. The molecule has 1 atom stereocenters. The lowest BCUT2D eigenvalue weighted by Gasteiger charge is -2.39. The third-order valence-corrected chi connectivity index (χ3v) is 3.91. The van der Waals surface area contributed by atoms with E-state index in [0.717, 1.165) is 44.1 Å². The summed E-state index contributed by atoms with van der Waals surface area (Å²) in [6.45, 7) is 5.07. The van der Waals surface area contributed by atoms with Crippen molar-refractivity contribution in [1.82, 2.24) is 19.4 Å². The number of aromatic nitrogens is 2. The van der Waals surface area contributed by atoms with Crippen molar-refractivity contribution in [2.75, 3.05) is 33.2 Å². The van der Waals surface area contributed by atoms with Crippen LogP contribution in [0.4, 0.5) is 0 Å².